The van der Waals surface area contributed by atoms with Crippen molar-refractivity contribution in [3.8, 4) is 5.75 Å². The van der Waals surface area contributed by atoms with Crippen molar-refractivity contribution in [2.24, 2.45) is 5.14 Å². The highest BCUT2D eigenvalue weighted by molar-refractivity contribution is 7.84. The van der Waals surface area contributed by atoms with Gasteiger partial charge in [-0.3, -0.25) is 0 Å². The van der Waals surface area contributed by atoms with Crippen molar-refractivity contribution in [2.45, 2.75) is 13.3 Å². The van der Waals surface area contributed by atoms with Crippen molar-refractivity contribution in [1.29, 1.82) is 0 Å². The summed E-state index contributed by atoms with van der Waals surface area (Å²) in [4.78, 5) is 0. The largest absolute Gasteiger partial charge is 0.380 e. The zero-order valence-corrected chi connectivity index (χ0v) is 9.20. The van der Waals surface area contributed by atoms with Crippen LogP contribution < -0.4 is 9.32 Å². The monoisotopic (exact) mass is 227 g/mol. The second kappa shape index (κ2) is 4.95. The molecule has 1 aromatic rings. The molecule has 0 saturated heterocycles. The van der Waals surface area contributed by atoms with Crippen molar-refractivity contribution in [2.75, 3.05) is 0 Å². The van der Waals surface area contributed by atoms with Gasteiger partial charge in [0.15, 0.2) is 0 Å². The zero-order valence-electron chi connectivity index (χ0n) is 8.38. The van der Waals surface area contributed by atoms with Gasteiger partial charge in [0.1, 0.15) is 5.75 Å². The Labute approximate surface area is 89.6 Å². The summed E-state index contributed by atoms with van der Waals surface area (Å²) >= 11 is 0. The van der Waals surface area contributed by atoms with Crippen LogP contribution in [-0.2, 0) is 16.7 Å². The summed E-state index contributed by atoms with van der Waals surface area (Å²) in [7, 11) is -3.92. The maximum Gasteiger partial charge on any atom is 0.380 e. The SMILES string of the molecule is C/C=C/Cc1ccc(OS(N)(=O)=O)cc1. The first-order valence-electron chi connectivity index (χ1n) is 4.43. The average Bonchev–Trinajstić information content (AvgIpc) is 2.14. The first-order valence-corrected chi connectivity index (χ1v) is 5.91. The maximum atomic E-state index is 10.6. The van der Waals surface area contributed by atoms with Crippen molar-refractivity contribution >= 4 is 10.3 Å². The number of rotatable bonds is 4. The second-order valence-electron chi connectivity index (χ2n) is 2.99. The average molecular weight is 227 g/mol. The van der Waals surface area contributed by atoms with E-state index >= 15 is 0 Å². The Kier molecular flexibility index (Phi) is 3.88. The fourth-order valence-corrected chi connectivity index (χ4v) is 1.45. The molecule has 0 bridgehead atoms. The second-order valence-corrected chi connectivity index (χ2v) is 4.15. The lowest BCUT2D eigenvalue weighted by Crippen LogP contribution is -2.18. The fourth-order valence-electron chi connectivity index (χ4n) is 1.07. The lowest BCUT2D eigenvalue weighted by atomic mass is 10.1. The van der Waals surface area contributed by atoms with Crippen LogP contribution in [0.3, 0.4) is 0 Å². The molecule has 0 heterocycles. The van der Waals surface area contributed by atoms with Crippen LogP contribution in [0.2, 0.25) is 0 Å². The van der Waals surface area contributed by atoms with Crippen LogP contribution in [0.5, 0.6) is 5.75 Å². The van der Waals surface area contributed by atoms with Crippen molar-refractivity contribution < 1.29 is 12.6 Å². The third-order valence-corrected chi connectivity index (χ3v) is 2.15. The smallest absolute Gasteiger partial charge is 0.371 e. The molecule has 0 fully saturated rings. The molecule has 0 aliphatic carbocycles. The Bertz CT molecular complexity index is 434. The minimum absolute atomic E-state index is 0.224. The zero-order chi connectivity index (χ0) is 11.3. The summed E-state index contributed by atoms with van der Waals surface area (Å²) in [5, 5.41) is 4.72. The number of nitrogens with two attached hydrogens (primary N) is 1. The molecule has 0 radical (unpaired) electrons. The highest BCUT2D eigenvalue weighted by Crippen LogP contribution is 2.13. The molecule has 1 aromatic carbocycles. The van der Waals surface area contributed by atoms with Crippen molar-refractivity contribution in [3.63, 3.8) is 0 Å². The first kappa shape index (κ1) is 11.7. The van der Waals surface area contributed by atoms with Gasteiger partial charge < -0.3 is 4.18 Å². The van der Waals surface area contributed by atoms with Crippen LogP contribution >= 0.6 is 0 Å². The molecule has 1 rings (SSSR count). The van der Waals surface area contributed by atoms with Gasteiger partial charge in [-0.25, -0.2) is 0 Å². The van der Waals surface area contributed by atoms with E-state index in [1.807, 2.05) is 19.1 Å². The number of hydrogen-bond acceptors (Lipinski definition) is 3. The van der Waals surface area contributed by atoms with Gasteiger partial charge in [0.2, 0.25) is 0 Å². The van der Waals surface area contributed by atoms with E-state index in [4.69, 9.17) is 5.14 Å². The van der Waals surface area contributed by atoms with E-state index in [0.29, 0.717) is 0 Å². The van der Waals surface area contributed by atoms with Gasteiger partial charge in [-0.1, -0.05) is 24.3 Å². The van der Waals surface area contributed by atoms with Crippen LogP contribution in [-0.4, -0.2) is 8.42 Å². The molecule has 82 valence electrons. The number of benzene rings is 1. The number of allylic oxidation sites excluding steroid dienone is 2. The molecule has 0 amide bonds. The predicted octanol–water partition coefficient (Wildman–Crippen LogP) is 1.39. The summed E-state index contributed by atoms with van der Waals surface area (Å²) in [6.45, 7) is 1.94. The minimum atomic E-state index is -3.92. The van der Waals surface area contributed by atoms with Crippen LogP contribution in [0, 0.1) is 0 Å². The molecule has 0 aliphatic heterocycles. The highest BCUT2D eigenvalue weighted by Gasteiger charge is 2.03. The Morgan fingerprint density at radius 2 is 1.93 bits per heavy atom. The molecule has 5 heteroatoms. The number of hydrogen-bond donors (Lipinski definition) is 1. The quantitative estimate of drug-likeness (QED) is 0.790. The Balaban J connectivity index is 2.72. The Morgan fingerprint density at radius 3 is 2.40 bits per heavy atom. The van der Waals surface area contributed by atoms with Gasteiger partial charge in [0.25, 0.3) is 0 Å². The van der Waals surface area contributed by atoms with Gasteiger partial charge in [-0.2, -0.15) is 13.6 Å². The molecule has 4 nitrogen and oxygen atoms in total. The molecule has 15 heavy (non-hydrogen) atoms. The standard InChI is InChI=1S/C10H13NO3S/c1-2-3-4-9-5-7-10(8-6-9)14-15(11,12)13/h2-3,5-8H,4H2,1H3,(H2,11,12,13)/b3-2+. The molecular formula is C10H13NO3S. The Morgan fingerprint density at radius 1 is 1.33 bits per heavy atom. The van der Waals surface area contributed by atoms with E-state index in [1.165, 1.54) is 0 Å². The van der Waals surface area contributed by atoms with Crippen LogP contribution in [0.1, 0.15) is 12.5 Å². The molecule has 0 unspecified atom stereocenters. The van der Waals surface area contributed by atoms with E-state index in [1.54, 1.807) is 24.3 Å². The molecular weight excluding hydrogens is 214 g/mol. The molecule has 2 N–H and O–H groups in total. The maximum absolute atomic E-state index is 10.6. The van der Waals surface area contributed by atoms with Crippen molar-refractivity contribution in [1.82, 2.24) is 0 Å². The minimum Gasteiger partial charge on any atom is -0.371 e. The summed E-state index contributed by atoms with van der Waals surface area (Å²) in [6.07, 6.45) is 4.77. The van der Waals surface area contributed by atoms with Crippen LogP contribution in [0.15, 0.2) is 36.4 Å². The molecule has 0 aliphatic rings. The lowest BCUT2D eigenvalue weighted by molar-refractivity contribution is 0.487. The van der Waals surface area contributed by atoms with Crippen molar-refractivity contribution in [3.05, 3.63) is 42.0 Å². The van der Waals surface area contributed by atoms with Gasteiger partial charge in [-0.05, 0) is 31.0 Å². The predicted molar refractivity (Wildman–Crippen MR) is 58.7 cm³/mol. The van der Waals surface area contributed by atoms with Gasteiger partial charge in [-0.15, -0.1) is 0 Å². The summed E-state index contributed by atoms with van der Waals surface area (Å²) in [5.41, 5.74) is 1.08. The molecule has 0 atom stereocenters. The van der Waals surface area contributed by atoms with E-state index in [-0.39, 0.29) is 5.75 Å². The highest BCUT2D eigenvalue weighted by atomic mass is 32.2. The molecule has 0 spiro atoms. The van der Waals surface area contributed by atoms with Gasteiger partial charge in [0, 0.05) is 0 Å². The molecule has 0 aromatic heterocycles. The normalized spacial score (nSPS) is 11.9. The summed E-state index contributed by atoms with van der Waals surface area (Å²) < 4.78 is 25.7. The third-order valence-electron chi connectivity index (χ3n) is 1.72. The van der Waals surface area contributed by atoms with Crippen LogP contribution in [0.4, 0.5) is 0 Å². The summed E-state index contributed by atoms with van der Waals surface area (Å²) in [6, 6.07) is 6.73. The van der Waals surface area contributed by atoms with E-state index in [0.717, 1.165) is 12.0 Å². The van der Waals surface area contributed by atoms with E-state index < -0.39 is 10.3 Å². The topological polar surface area (TPSA) is 69.4 Å². The summed E-state index contributed by atoms with van der Waals surface area (Å²) in [5.74, 6) is 0.224. The van der Waals surface area contributed by atoms with E-state index in [9.17, 15) is 8.42 Å². The first-order chi connectivity index (χ1) is 7.01. The molecule has 0 saturated carbocycles. The van der Waals surface area contributed by atoms with Gasteiger partial charge in [0.05, 0.1) is 0 Å². The van der Waals surface area contributed by atoms with E-state index in [2.05, 4.69) is 4.18 Å². The lowest BCUT2D eigenvalue weighted by Gasteiger charge is -2.02. The fraction of sp³-hybridized carbons (Fsp3) is 0.200. The third kappa shape index (κ3) is 4.62. The van der Waals surface area contributed by atoms with Crippen LogP contribution in [0.25, 0.3) is 0 Å². The Hall–Kier alpha value is -1.33. The van der Waals surface area contributed by atoms with Gasteiger partial charge >= 0.3 is 10.3 Å².